The van der Waals surface area contributed by atoms with E-state index in [4.69, 9.17) is 11.6 Å². The first kappa shape index (κ1) is 13.3. The Morgan fingerprint density at radius 2 is 2.18 bits per heavy atom. The summed E-state index contributed by atoms with van der Waals surface area (Å²) in [6.45, 7) is 4.59. The zero-order valence-electron chi connectivity index (χ0n) is 10.7. The summed E-state index contributed by atoms with van der Waals surface area (Å²) in [7, 11) is 0. The van der Waals surface area contributed by atoms with Gasteiger partial charge in [0.05, 0.1) is 0 Å². The molecule has 1 aliphatic rings. The van der Waals surface area contributed by atoms with E-state index in [9.17, 15) is 0 Å². The first-order valence-electron chi connectivity index (χ1n) is 6.46. The van der Waals surface area contributed by atoms with E-state index >= 15 is 0 Å². The fourth-order valence-electron chi connectivity index (χ4n) is 2.82. The lowest BCUT2D eigenvalue weighted by molar-refractivity contribution is 0.291. The standard InChI is InChI=1S/C15H21ClS/c1-3-8-15(2,11-16)9-12-10-17-14-7-5-4-6-13(12)14/h4-7,12H,3,8-11H2,1-2H3. The van der Waals surface area contributed by atoms with Gasteiger partial charge in [-0.05, 0) is 35.8 Å². The average Bonchev–Trinajstić information content (AvgIpc) is 2.73. The first-order chi connectivity index (χ1) is 8.18. The van der Waals surface area contributed by atoms with Crippen molar-refractivity contribution in [1.82, 2.24) is 0 Å². The Morgan fingerprint density at radius 1 is 1.41 bits per heavy atom. The van der Waals surface area contributed by atoms with Crippen LogP contribution in [-0.4, -0.2) is 11.6 Å². The summed E-state index contributed by atoms with van der Waals surface area (Å²) in [5, 5.41) is 0. The van der Waals surface area contributed by atoms with Crippen molar-refractivity contribution in [2.75, 3.05) is 11.6 Å². The number of rotatable bonds is 5. The van der Waals surface area contributed by atoms with Crippen LogP contribution < -0.4 is 0 Å². The van der Waals surface area contributed by atoms with E-state index in [1.165, 1.54) is 29.9 Å². The second-order valence-corrected chi connectivity index (χ2v) is 6.77. The average molecular weight is 269 g/mol. The highest BCUT2D eigenvalue weighted by atomic mass is 35.5. The smallest absolute Gasteiger partial charge is 0.0277 e. The lowest BCUT2D eigenvalue weighted by Gasteiger charge is -2.30. The van der Waals surface area contributed by atoms with Gasteiger partial charge in [-0.3, -0.25) is 0 Å². The van der Waals surface area contributed by atoms with Crippen LogP contribution in [0.1, 0.15) is 44.6 Å². The molecule has 0 spiro atoms. The lowest BCUT2D eigenvalue weighted by atomic mass is 9.77. The van der Waals surface area contributed by atoms with E-state index in [2.05, 4.69) is 38.1 Å². The van der Waals surface area contributed by atoms with Gasteiger partial charge in [0.1, 0.15) is 0 Å². The second-order valence-electron chi connectivity index (χ2n) is 5.44. The minimum Gasteiger partial charge on any atom is -0.126 e. The van der Waals surface area contributed by atoms with Gasteiger partial charge in [-0.1, -0.05) is 38.5 Å². The minimum absolute atomic E-state index is 0.305. The molecule has 0 N–H and O–H groups in total. The maximum atomic E-state index is 6.19. The molecular formula is C15H21ClS. The number of halogens is 1. The molecule has 2 atom stereocenters. The maximum Gasteiger partial charge on any atom is 0.0277 e. The quantitative estimate of drug-likeness (QED) is 0.652. The topological polar surface area (TPSA) is 0 Å². The number of benzene rings is 1. The summed E-state index contributed by atoms with van der Waals surface area (Å²) in [6, 6.07) is 8.84. The number of alkyl halides is 1. The fraction of sp³-hybridized carbons (Fsp3) is 0.600. The normalized spacial score (nSPS) is 22.2. The third kappa shape index (κ3) is 3.00. The van der Waals surface area contributed by atoms with E-state index in [0.717, 1.165) is 5.88 Å². The van der Waals surface area contributed by atoms with E-state index < -0.39 is 0 Å². The van der Waals surface area contributed by atoms with Crippen molar-refractivity contribution >= 4 is 23.4 Å². The highest BCUT2D eigenvalue weighted by Crippen LogP contribution is 2.46. The number of thioether (sulfide) groups is 1. The predicted octanol–water partition coefficient (Wildman–Crippen LogP) is 5.31. The molecule has 2 heteroatoms. The van der Waals surface area contributed by atoms with Crippen molar-refractivity contribution in [2.45, 2.75) is 43.9 Å². The molecule has 0 nitrogen and oxygen atoms in total. The monoisotopic (exact) mass is 268 g/mol. The third-order valence-electron chi connectivity index (χ3n) is 3.71. The van der Waals surface area contributed by atoms with Crippen LogP contribution in [0.4, 0.5) is 0 Å². The minimum atomic E-state index is 0.305. The number of hydrogen-bond donors (Lipinski definition) is 0. The van der Waals surface area contributed by atoms with Crippen LogP contribution in [0.15, 0.2) is 29.2 Å². The van der Waals surface area contributed by atoms with Crippen molar-refractivity contribution in [2.24, 2.45) is 5.41 Å². The Balaban J connectivity index is 2.10. The molecule has 1 aromatic carbocycles. The van der Waals surface area contributed by atoms with Crippen molar-refractivity contribution in [3.63, 3.8) is 0 Å². The summed E-state index contributed by atoms with van der Waals surface area (Å²) in [6.07, 6.45) is 3.69. The molecule has 1 heterocycles. The van der Waals surface area contributed by atoms with Crippen LogP contribution in [0.3, 0.4) is 0 Å². The Hall–Kier alpha value is -0.140. The molecule has 2 rings (SSSR count). The van der Waals surface area contributed by atoms with Gasteiger partial charge in [0.25, 0.3) is 0 Å². The van der Waals surface area contributed by atoms with Gasteiger partial charge in [-0.15, -0.1) is 23.4 Å². The van der Waals surface area contributed by atoms with Crippen LogP contribution in [0.5, 0.6) is 0 Å². The Kier molecular flexibility index (Phi) is 4.43. The van der Waals surface area contributed by atoms with Crippen molar-refractivity contribution in [3.05, 3.63) is 29.8 Å². The van der Waals surface area contributed by atoms with Crippen LogP contribution in [-0.2, 0) is 0 Å². The molecule has 0 saturated carbocycles. The van der Waals surface area contributed by atoms with E-state index in [0.29, 0.717) is 11.3 Å². The third-order valence-corrected chi connectivity index (χ3v) is 5.61. The van der Waals surface area contributed by atoms with Crippen LogP contribution >= 0.6 is 23.4 Å². The van der Waals surface area contributed by atoms with Gasteiger partial charge in [0.2, 0.25) is 0 Å². The zero-order valence-corrected chi connectivity index (χ0v) is 12.3. The molecule has 0 bridgehead atoms. The van der Waals surface area contributed by atoms with Gasteiger partial charge in [0.15, 0.2) is 0 Å². The molecule has 0 saturated heterocycles. The van der Waals surface area contributed by atoms with Gasteiger partial charge >= 0.3 is 0 Å². The van der Waals surface area contributed by atoms with Crippen LogP contribution in [0.2, 0.25) is 0 Å². The molecule has 1 aliphatic heterocycles. The molecule has 1 aromatic rings. The zero-order chi connectivity index (χ0) is 12.3. The van der Waals surface area contributed by atoms with Gasteiger partial charge in [-0.25, -0.2) is 0 Å². The largest absolute Gasteiger partial charge is 0.126 e. The van der Waals surface area contributed by atoms with Gasteiger partial charge in [0, 0.05) is 16.5 Å². The summed E-state index contributed by atoms with van der Waals surface area (Å²) in [4.78, 5) is 1.48. The summed E-state index contributed by atoms with van der Waals surface area (Å²) >= 11 is 8.19. The molecule has 0 amide bonds. The van der Waals surface area contributed by atoms with Crippen molar-refractivity contribution in [1.29, 1.82) is 0 Å². The first-order valence-corrected chi connectivity index (χ1v) is 7.98. The molecule has 0 aromatic heterocycles. The highest BCUT2D eigenvalue weighted by molar-refractivity contribution is 7.99. The van der Waals surface area contributed by atoms with E-state index in [-0.39, 0.29) is 0 Å². The predicted molar refractivity (Wildman–Crippen MR) is 78.3 cm³/mol. The molecule has 0 aliphatic carbocycles. The van der Waals surface area contributed by atoms with Crippen LogP contribution in [0, 0.1) is 5.41 Å². The second kappa shape index (κ2) is 5.67. The molecule has 2 unspecified atom stereocenters. The number of hydrogen-bond acceptors (Lipinski definition) is 1. The van der Waals surface area contributed by atoms with Gasteiger partial charge < -0.3 is 0 Å². The summed E-state index contributed by atoms with van der Waals surface area (Å²) < 4.78 is 0. The highest BCUT2D eigenvalue weighted by Gasteiger charge is 2.31. The summed E-state index contributed by atoms with van der Waals surface area (Å²) in [5.41, 5.74) is 1.85. The van der Waals surface area contributed by atoms with Crippen molar-refractivity contribution in [3.8, 4) is 0 Å². The summed E-state index contributed by atoms with van der Waals surface area (Å²) in [5.74, 6) is 2.71. The SMILES string of the molecule is CCCC(C)(CCl)CC1CSc2ccccc21. The molecular weight excluding hydrogens is 248 g/mol. The maximum absolute atomic E-state index is 6.19. The van der Waals surface area contributed by atoms with Crippen LogP contribution in [0.25, 0.3) is 0 Å². The van der Waals surface area contributed by atoms with E-state index in [1.54, 1.807) is 5.56 Å². The molecule has 94 valence electrons. The molecule has 0 fully saturated rings. The number of fused-ring (bicyclic) bond motifs is 1. The molecule has 0 radical (unpaired) electrons. The Morgan fingerprint density at radius 3 is 2.88 bits per heavy atom. The van der Waals surface area contributed by atoms with Gasteiger partial charge in [-0.2, -0.15) is 0 Å². The van der Waals surface area contributed by atoms with E-state index in [1.807, 2.05) is 11.8 Å². The Labute approximate surface area is 114 Å². The fourth-order valence-corrected chi connectivity index (χ4v) is 4.32. The molecule has 17 heavy (non-hydrogen) atoms. The Bertz CT molecular complexity index is 377. The lowest BCUT2D eigenvalue weighted by Crippen LogP contribution is -2.22. The van der Waals surface area contributed by atoms with Crippen molar-refractivity contribution < 1.29 is 0 Å².